The molecule has 2 atom stereocenters. The summed E-state index contributed by atoms with van der Waals surface area (Å²) in [6, 6.07) is 1.06. The molecule has 0 aliphatic carbocycles. The van der Waals surface area contributed by atoms with Crippen LogP contribution in [-0.4, -0.2) is 79.5 Å². The maximum Gasteiger partial charge on any atom is 0.0900 e. The zero-order valence-corrected chi connectivity index (χ0v) is 11.4. The normalized spacial score (nSPS) is 29.8. The summed E-state index contributed by atoms with van der Waals surface area (Å²) >= 11 is 0. The van der Waals surface area contributed by atoms with Gasteiger partial charge in [-0.3, -0.25) is 9.80 Å². The third kappa shape index (κ3) is 3.90. The molecule has 5 heteroatoms. The molecule has 0 saturated carbocycles. The van der Waals surface area contributed by atoms with E-state index in [0.717, 1.165) is 45.6 Å². The van der Waals surface area contributed by atoms with Crippen molar-refractivity contribution in [2.45, 2.75) is 37.5 Å². The third-order valence-corrected chi connectivity index (χ3v) is 4.17. The van der Waals surface area contributed by atoms with Gasteiger partial charge in [-0.1, -0.05) is 0 Å². The van der Waals surface area contributed by atoms with E-state index in [0.29, 0.717) is 18.7 Å². The standard InChI is InChI=1S/C13H27N3O2/c1-18-10-13(17)9-15-5-4-12(8-15)16-6-2-11(14)3-7-16/h11-13,17H,2-10,14H2,1H3. The van der Waals surface area contributed by atoms with Gasteiger partial charge < -0.3 is 15.6 Å². The average Bonchev–Trinajstić information content (AvgIpc) is 2.78. The molecule has 2 aliphatic heterocycles. The summed E-state index contributed by atoms with van der Waals surface area (Å²) < 4.78 is 4.97. The molecule has 2 heterocycles. The molecule has 5 nitrogen and oxygen atoms in total. The predicted molar refractivity (Wildman–Crippen MR) is 71.5 cm³/mol. The molecule has 0 radical (unpaired) electrons. The number of methoxy groups -OCH3 is 1. The summed E-state index contributed by atoms with van der Waals surface area (Å²) in [4.78, 5) is 4.93. The van der Waals surface area contributed by atoms with Crippen LogP contribution in [-0.2, 0) is 4.74 Å². The Morgan fingerprint density at radius 3 is 2.67 bits per heavy atom. The minimum absolute atomic E-state index is 0.358. The van der Waals surface area contributed by atoms with Crippen LogP contribution in [0.25, 0.3) is 0 Å². The quantitative estimate of drug-likeness (QED) is 0.695. The molecule has 0 aromatic heterocycles. The monoisotopic (exact) mass is 257 g/mol. The zero-order chi connectivity index (χ0) is 13.0. The zero-order valence-electron chi connectivity index (χ0n) is 11.4. The van der Waals surface area contributed by atoms with Crippen LogP contribution in [0.3, 0.4) is 0 Å². The molecule has 0 spiro atoms. The second kappa shape index (κ2) is 6.82. The van der Waals surface area contributed by atoms with Gasteiger partial charge in [0.15, 0.2) is 0 Å². The van der Waals surface area contributed by atoms with Crippen molar-refractivity contribution in [2.75, 3.05) is 46.4 Å². The fraction of sp³-hybridized carbons (Fsp3) is 1.00. The lowest BCUT2D eigenvalue weighted by Gasteiger charge is -2.34. The summed E-state index contributed by atoms with van der Waals surface area (Å²) in [6.07, 6.45) is 3.11. The fourth-order valence-electron chi connectivity index (χ4n) is 3.10. The Balaban J connectivity index is 1.71. The average molecular weight is 257 g/mol. The highest BCUT2D eigenvalue weighted by Crippen LogP contribution is 2.20. The molecule has 106 valence electrons. The maximum atomic E-state index is 9.74. The molecule has 0 aromatic carbocycles. The first kappa shape index (κ1) is 14.2. The lowest BCUT2D eigenvalue weighted by molar-refractivity contribution is 0.0406. The first-order valence-electron chi connectivity index (χ1n) is 7.08. The number of likely N-dealkylation sites (tertiary alicyclic amines) is 2. The van der Waals surface area contributed by atoms with E-state index < -0.39 is 0 Å². The number of piperidine rings is 1. The Labute approximate surface area is 110 Å². The fourth-order valence-corrected chi connectivity index (χ4v) is 3.10. The highest BCUT2D eigenvalue weighted by atomic mass is 16.5. The van der Waals surface area contributed by atoms with Crippen LogP contribution in [0.2, 0.25) is 0 Å². The van der Waals surface area contributed by atoms with Crippen molar-refractivity contribution in [1.82, 2.24) is 9.80 Å². The van der Waals surface area contributed by atoms with Crippen LogP contribution >= 0.6 is 0 Å². The van der Waals surface area contributed by atoms with E-state index >= 15 is 0 Å². The van der Waals surface area contributed by atoms with Crippen molar-refractivity contribution >= 4 is 0 Å². The number of rotatable bonds is 5. The number of nitrogens with zero attached hydrogens (tertiary/aromatic N) is 2. The molecule has 2 unspecified atom stereocenters. The molecule has 2 rings (SSSR count). The smallest absolute Gasteiger partial charge is 0.0900 e. The van der Waals surface area contributed by atoms with E-state index in [9.17, 15) is 5.11 Å². The van der Waals surface area contributed by atoms with Gasteiger partial charge in [-0.25, -0.2) is 0 Å². The maximum absolute atomic E-state index is 9.74. The van der Waals surface area contributed by atoms with E-state index in [1.54, 1.807) is 7.11 Å². The van der Waals surface area contributed by atoms with Gasteiger partial charge in [0.2, 0.25) is 0 Å². The Hall–Kier alpha value is -0.200. The van der Waals surface area contributed by atoms with E-state index in [1.165, 1.54) is 6.42 Å². The minimum atomic E-state index is -0.358. The summed E-state index contributed by atoms with van der Waals surface area (Å²) in [6.45, 7) is 5.61. The van der Waals surface area contributed by atoms with Crippen molar-refractivity contribution in [3.05, 3.63) is 0 Å². The second-order valence-electron chi connectivity index (χ2n) is 5.68. The first-order valence-corrected chi connectivity index (χ1v) is 7.08. The highest BCUT2D eigenvalue weighted by molar-refractivity contribution is 4.87. The number of nitrogens with two attached hydrogens (primary N) is 1. The largest absolute Gasteiger partial charge is 0.389 e. The molecule has 18 heavy (non-hydrogen) atoms. The van der Waals surface area contributed by atoms with Crippen molar-refractivity contribution in [3.63, 3.8) is 0 Å². The van der Waals surface area contributed by atoms with E-state index in [-0.39, 0.29) is 6.10 Å². The van der Waals surface area contributed by atoms with Crippen LogP contribution in [0.1, 0.15) is 19.3 Å². The van der Waals surface area contributed by atoms with Crippen molar-refractivity contribution in [1.29, 1.82) is 0 Å². The molecule has 0 aromatic rings. The molecular weight excluding hydrogens is 230 g/mol. The molecule has 0 bridgehead atoms. The molecule has 2 fully saturated rings. The molecule has 0 amide bonds. The number of hydrogen-bond donors (Lipinski definition) is 2. The lowest BCUT2D eigenvalue weighted by Crippen LogP contribution is -2.46. The van der Waals surface area contributed by atoms with Gasteiger partial charge in [0.25, 0.3) is 0 Å². The minimum Gasteiger partial charge on any atom is -0.389 e. The molecule has 2 aliphatic rings. The van der Waals surface area contributed by atoms with E-state index in [2.05, 4.69) is 9.80 Å². The van der Waals surface area contributed by atoms with Crippen molar-refractivity contribution in [3.8, 4) is 0 Å². The SMILES string of the molecule is COCC(O)CN1CCC(N2CCC(N)CC2)C1. The Morgan fingerprint density at radius 1 is 1.28 bits per heavy atom. The van der Waals surface area contributed by atoms with Crippen molar-refractivity contribution < 1.29 is 9.84 Å². The molecule has 2 saturated heterocycles. The van der Waals surface area contributed by atoms with Crippen LogP contribution in [0, 0.1) is 0 Å². The van der Waals surface area contributed by atoms with Gasteiger partial charge in [-0.2, -0.15) is 0 Å². The first-order chi connectivity index (χ1) is 8.69. The number of ether oxygens (including phenoxy) is 1. The summed E-state index contributed by atoms with van der Waals surface area (Å²) in [5, 5.41) is 9.74. The number of β-amino-alcohol motifs (C(OH)–C–C–N with tert-alkyl or cyclic N) is 1. The van der Waals surface area contributed by atoms with Crippen LogP contribution < -0.4 is 5.73 Å². The topological polar surface area (TPSA) is 62.0 Å². The van der Waals surface area contributed by atoms with Gasteiger partial charge in [-0.15, -0.1) is 0 Å². The highest BCUT2D eigenvalue weighted by Gasteiger charge is 2.30. The van der Waals surface area contributed by atoms with E-state index in [1.807, 2.05) is 0 Å². The summed E-state index contributed by atoms with van der Waals surface area (Å²) in [5.74, 6) is 0. The number of hydrogen-bond acceptors (Lipinski definition) is 5. The van der Waals surface area contributed by atoms with Crippen LogP contribution in [0.15, 0.2) is 0 Å². The predicted octanol–water partition coefficient (Wildman–Crippen LogP) is -0.509. The van der Waals surface area contributed by atoms with Crippen LogP contribution in [0.4, 0.5) is 0 Å². The second-order valence-corrected chi connectivity index (χ2v) is 5.68. The van der Waals surface area contributed by atoms with Gasteiger partial charge in [-0.05, 0) is 38.9 Å². The van der Waals surface area contributed by atoms with Gasteiger partial charge in [0.05, 0.1) is 12.7 Å². The van der Waals surface area contributed by atoms with Gasteiger partial charge in [0.1, 0.15) is 0 Å². The van der Waals surface area contributed by atoms with Crippen molar-refractivity contribution in [2.24, 2.45) is 5.73 Å². The Kier molecular flexibility index (Phi) is 5.38. The van der Waals surface area contributed by atoms with Crippen LogP contribution in [0.5, 0.6) is 0 Å². The van der Waals surface area contributed by atoms with E-state index in [4.69, 9.17) is 10.5 Å². The Morgan fingerprint density at radius 2 is 2.00 bits per heavy atom. The number of aliphatic hydroxyl groups excluding tert-OH is 1. The summed E-state index contributed by atoms with van der Waals surface area (Å²) in [7, 11) is 1.63. The number of aliphatic hydroxyl groups is 1. The van der Waals surface area contributed by atoms with Gasteiger partial charge in [0, 0.05) is 32.3 Å². The molecular formula is C13H27N3O2. The summed E-state index contributed by atoms with van der Waals surface area (Å²) in [5.41, 5.74) is 5.94. The lowest BCUT2D eigenvalue weighted by atomic mass is 10.0. The Bertz CT molecular complexity index is 244. The molecule has 3 N–H and O–H groups in total. The third-order valence-electron chi connectivity index (χ3n) is 4.17. The van der Waals surface area contributed by atoms with Gasteiger partial charge >= 0.3 is 0 Å².